The number of H-pyrrole nitrogens is 1. The molecule has 134 valence electrons. The quantitative estimate of drug-likeness (QED) is 0.741. The van der Waals surface area contributed by atoms with Crippen molar-refractivity contribution in [2.45, 2.75) is 25.5 Å². The zero-order chi connectivity index (χ0) is 17.8. The molecule has 1 saturated heterocycles. The van der Waals surface area contributed by atoms with E-state index in [1.54, 1.807) is 6.20 Å². The number of aromatic nitrogens is 3. The van der Waals surface area contributed by atoms with Crippen LogP contribution in [0.5, 0.6) is 0 Å². The van der Waals surface area contributed by atoms with Crippen molar-refractivity contribution in [3.05, 3.63) is 72.2 Å². The maximum Gasteiger partial charge on any atom is 0.0819 e. The number of aliphatic hydroxyl groups is 1. The van der Waals surface area contributed by atoms with Crippen molar-refractivity contribution in [2.75, 3.05) is 13.1 Å². The van der Waals surface area contributed by atoms with Gasteiger partial charge in [0.15, 0.2) is 0 Å². The van der Waals surface area contributed by atoms with E-state index in [1.807, 2.05) is 54.9 Å². The Balaban J connectivity index is 1.37. The first-order chi connectivity index (χ1) is 12.8. The molecule has 0 aliphatic carbocycles. The molecule has 0 bridgehead atoms. The molecule has 0 amide bonds. The van der Waals surface area contributed by atoms with Gasteiger partial charge >= 0.3 is 0 Å². The van der Waals surface area contributed by atoms with Crippen molar-refractivity contribution < 1.29 is 5.11 Å². The lowest BCUT2D eigenvalue weighted by molar-refractivity contribution is 0.0568. The molecule has 5 heteroatoms. The van der Waals surface area contributed by atoms with Crippen LogP contribution in [0.4, 0.5) is 0 Å². The maximum absolute atomic E-state index is 10.6. The van der Waals surface area contributed by atoms with Crippen molar-refractivity contribution in [3.63, 3.8) is 0 Å². The number of aromatic amines is 1. The SMILES string of the molecule is OC(c1ccccc1)C1CCN(Cc2cn[nH]c2-c2cccnc2)CC1. The maximum atomic E-state index is 10.6. The highest BCUT2D eigenvalue weighted by Crippen LogP contribution is 2.31. The minimum absolute atomic E-state index is 0.329. The second-order valence-corrected chi connectivity index (χ2v) is 6.98. The average Bonchev–Trinajstić information content (AvgIpc) is 3.17. The van der Waals surface area contributed by atoms with Crippen LogP contribution >= 0.6 is 0 Å². The minimum atomic E-state index is -0.363. The zero-order valence-electron chi connectivity index (χ0n) is 14.8. The van der Waals surface area contributed by atoms with Gasteiger partial charge in [0.1, 0.15) is 0 Å². The summed E-state index contributed by atoms with van der Waals surface area (Å²) in [5.41, 5.74) is 4.33. The Morgan fingerprint density at radius 3 is 2.62 bits per heavy atom. The predicted octanol–water partition coefficient (Wildman–Crippen LogP) is 3.42. The van der Waals surface area contributed by atoms with Crippen LogP contribution in [0, 0.1) is 5.92 Å². The van der Waals surface area contributed by atoms with Crippen LogP contribution in [0.2, 0.25) is 0 Å². The topological polar surface area (TPSA) is 65.0 Å². The Morgan fingerprint density at radius 1 is 1.08 bits per heavy atom. The highest BCUT2D eigenvalue weighted by atomic mass is 16.3. The molecule has 1 aliphatic heterocycles. The van der Waals surface area contributed by atoms with Crippen molar-refractivity contribution in [3.8, 4) is 11.3 Å². The van der Waals surface area contributed by atoms with Crippen LogP contribution < -0.4 is 0 Å². The summed E-state index contributed by atoms with van der Waals surface area (Å²) in [6.45, 7) is 2.85. The van der Waals surface area contributed by atoms with Crippen LogP contribution in [0.1, 0.15) is 30.1 Å². The van der Waals surface area contributed by atoms with E-state index in [0.29, 0.717) is 5.92 Å². The largest absolute Gasteiger partial charge is 0.388 e. The van der Waals surface area contributed by atoms with E-state index in [0.717, 1.165) is 49.3 Å². The van der Waals surface area contributed by atoms with Crippen molar-refractivity contribution in [1.82, 2.24) is 20.1 Å². The third-order valence-electron chi connectivity index (χ3n) is 5.28. The average molecular weight is 348 g/mol. The van der Waals surface area contributed by atoms with E-state index in [9.17, 15) is 5.11 Å². The van der Waals surface area contributed by atoms with Gasteiger partial charge < -0.3 is 5.11 Å². The third kappa shape index (κ3) is 3.69. The van der Waals surface area contributed by atoms with Crippen LogP contribution in [0.25, 0.3) is 11.3 Å². The second-order valence-electron chi connectivity index (χ2n) is 6.98. The van der Waals surface area contributed by atoms with Gasteiger partial charge in [0.2, 0.25) is 0 Å². The Hall–Kier alpha value is -2.50. The summed E-state index contributed by atoms with van der Waals surface area (Å²) in [6.07, 6.45) is 7.21. The van der Waals surface area contributed by atoms with Gasteiger partial charge in [-0.1, -0.05) is 30.3 Å². The molecule has 5 nitrogen and oxygen atoms in total. The third-order valence-corrected chi connectivity index (χ3v) is 5.28. The number of piperidine rings is 1. The van der Waals surface area contributed by atoms with Crippen molar-refractivity contribution in [1.29, 1.82) is 0 Å². The summed E-state index contributed by atoms with van der Waals surface area (Å²) in [7, 11) is 0. The van der Waals surface area contributed by atoms with Gasteiger partial charge in [-0.2, -0.15) is 5.10 Å². The Morgan fingerprint density at radius 2 is 1.88 bits per heavy atom. The van der Waals surface area contributed by atoms with Crippen LogP contribution in [-0.4, -0.2) is 38.3 Å². The number of hydrogen-bond donors (Lipinski definition) is 2. The molecular formula is C21H24N4O. The molecular weight excluding hydrogens is 324 g/mol. The first-order valence-corrected chi connectivity index (χ1v) is 9.19. The first kappa shape index (κ1) is 16.9. The van der Waals surface area contributed by atoms with E-state index in [2.05, 4.69) is 20.1 Å². The predicted molar refractivity (Wildman–Crippen MR) is 101 cm³/mol. The van der Waals surface area contributed by atoms with E-state index in [-0.39, 0.29) is 6.10 Å². The number of rotatable bonds is 5. The number of nitrogens with zero attached hydrogens (tertiary/aromatic N) is 3. The molecule has 1 unspecified atom stereocenters. The normalized spacial score (nSPS) is 17.3. The standard InChI is InChI=1S/C21H24N4O/c26-21(16-5-2-1-3-6-16)17-8-11-25(12-9-17)15-19-14-23-24-20(19)18-7-4-10-22-13-18/h1-7,10,13-14,17,21,26H,8-9,11-12,15H2,(H,23,24). The smallest absolute Gasteiger partial charge is 0.0819 e. The molecule has 1 fully saturated rings. The number of benzene rings is 1. The van der Waals surface area contributed by atoms with Crippen LogP contribution in [0.15, 0.2) is 61.1 Å². The highest BCUT2D eigenvalue weighted by molar-refractivity contribution is 5.61. The fraction of sp³-hybridized carbons (Fsp3) is 0.333. The van der Waals surface area contributed by atoms with Gasteiger partial charge in [-0.25, -0.2) is 0 Å². The minimum Gasteiger partial charge on any atom is -0.388 e. The summed E-state index contributed by atoms with van der Waals surface area (Å²) < 4.78 is 0. The van der Waals surface area contributed by atoms with E-state index < -0.39 is 0 Å². The summed E-state index contributed by atoms with van der Waals surface area (Å²) in [6, 6.07) is 14.0. The molecule has 2 N–H and O–H groups in total. The molecule has 3 heterocycles. The van der Waals surface area contributed by atoms with Gasteiger partial charge in [0.05, 0.1) is 18.0 Å². The fourth-order valence-electron chi connectivity index (χ4n) is 3.78. The second kappa shape index (κ2) is 7.81. The van der Waals surface area contributed by atoms with E-state index in [1.165, 1.54) is 5.56 Å². The monoisotopic (exact) mass is 348 g/mol. The molecule has 0 radical (unpaired) electrons. The van der Waals surface area contributed by atoms with Gasteiger partial charge in [0.25, 0.3) is 0 Å². The fourth-order valence-corrected chi connectivity index (χ4v) is 3.78. The summed E-state index contributed by atoms with van der Waals surface area (Å²) in [5.74, 6) is 0.329. The molecule has 1 atom stereocenters. The van der Waals surface area contributed by atoms with Crippen molar-refractivity contribution >= 4 is 0 Å². The summed E-state index contributed by atoms with van der Waals surface area (Å²) in [4.78, 5) is 6.64. The van der Waals surface area contributed by atoms with E-state index in [4.69, 9.17) is 0 Å². The lowest BCUT2D eigenvalue weighted by Gasteiger charge is -2.34. The first-order valence-electron chi connectivity index (χ1n) is 9.19. The molecule has 26 heavy (non-hydrogen) atoms. The Bertz CT molecular complexity index is 810. The molecule has 0 spiro atoms. The number of hydrogen-bond acceptors (Lipinski definition) is 4. The molecule has 4 rings (SSSR count). The van der Waals surface area contributed by atoms with Gasteiger partial charge in [-0.15, -0.1) is 0 Å². The molecule has 1 aromatic carbocycles. The number of nitrogens with one attached hydrogen (secondary N) is 1. The molecule has 1 aliphatic rings. The summed E-state index contributed by atoms with van der Waals surface area (Å²) >= 11 is 0. The number of likely N-dealkylation sites (tertiary alicyclic amines) is 1. The Labute approximate surface area is 153 Å². The van der Waals surface area contributed by atoms with Gasteiger partial charge in [-0.05, 0) is 49.5 Å². The highest BCUT2D eigenvalue weighted by Gasteiger charge is 2.26. The van der Waals surface area contributed by atoms with E-state index >= 15 is 0 Å². The molecule has 0 saturated carbocycles. The lowest BCUT2D eigenvalue weighted by Crippen LogP contribution is -2.35. The zero-order valence-corrected chi connectivity index (χ0v) is 14.8. The molecule has 2 aromatic heterocycles. The lowest BCUT2D eigenvalue weighted by atomic mass is 9.87. The number of pyridine rings is 1. The summed E-state index contributed by atoms with van der Waals surface area (Å²) in [5, 5.41) is 18.0. The van der Waals surface area contributed by atoms with Crippen LogP contribution in [-0.2, 0) is 6.54 Å². The molecule has 3 aromatic rings. The van der Waals surface area contributed by atoms with Crippen molar-refractivity contribution in [2.24, 2.45) is 5.92 Å². The van der Waals surface area contributed by atoms with Crippen LogP contribution in [0.3, 0.4) is 0 Å². The Kier molecular flexibility index (Phi) is 5.09. The van der Waals surface area contributed by atoms with Gasteiger partial charge in [0, 0.05) is 30.1 Å². The number of aliphatic hydroxyl groups excluding tert-OH is 1. The van der Waals surface area contributed by atoms with Gasteiger partial charge in [-0.3, -0.25) is 15.0 Å².